The Balaban J connectivity index is 1.22. The fraction of sp³-hybridized carbons (Fsp3) is 0.241. The molecule has 10 nitrogen and oxygen atoms in total. The van der Waals surface area contributed by atoms with E-state index >= 15 is 0 Å². The fourth-order valence-electron chi connectivity index (χ4n) is 4.78. The van der Waals surface area contributed by atoms with Crippen LogP contribution in [0.25, 0.3) is 0 Å². The van der Waals surface area contributed by atoms with Crippen molar-refractivity contribution in [3.05, 3.63) is 90.3 Å². The number of esters is 1. The van der Waals surface area contributed by atoms with E-state index in [2.05, 4.69) is 20.8 Å². The molecule has 1 heterocycles. The lowest BCUT2D eigenvalue weighted by atomic mass is 9.82. The van der Waals surface area contributed by atoms with Gasteiger partial charge in [-0.3, -0.25) is 9.59 Å². The lowest BCUT2D eigenvalue weighted by molar-refractivity contribution is -0.147. The van der Waals surface area contributed by atoms with Crippen LogP contribution in [0.15, 0.2) is 93.1 Å². The van der Waals surface area contributed by atoms with Crippen molar-refractivity contribution in [2.75, 3.05) is 10.6 Å². The molecule has 1 aromatic heterocycles. The third-order valence-corrected chi connectivity index (χ3v) is 8.57. The van der Waals surface area contributed by atoms with Crippen LogP contribution in [0.5, 0.6) is 0 Å². The first-order valence-corrected chi connectivity index (χ1v) is 14.4. The van der Waals surface area contributed by atoms with Crippen LogP contribution >= 0.6 is 0 Å². The summed E-state index contributed by atoms with van der Waals surface area (Å²) in [6.07, 6.45) is 3.51. The molecule has 206 valence electrons. The van der Waals surface area contributed by atoms with Gasteiger partial charge in [-0.25, -0.2) is 8.42 Å². The summed E-state index contributed by atoms with van der Waals surface area (Å²) in [7, 11) is -3.81. The molecule has 1 amide bonds. The Labute approximate surface area is 231 Å². The number of sulfone groups is 1. The molecule has 1 aliphatic carbocycles. The Bertz CT molecular complexity index is 1600. The zero-order valence-electron chi connectivity index (χ0n) is 21.7. The average Bonchev–Trinajstić information content (AvgIpc) is 3.43. The highest BCUT2D eigenvalue weighted by atomic mass is 32.2. The number of carbonyl (C=O) groups excluding carboxylic acids is 2. The van der Waals surface area contributed by atoms with Crippen molar-refractivity contribution < 1.29 is 27.2 Å². The summed E-state index contributed by atoms with van der Waals surface area (Å²) < 4.78 is 37.1. The molecule has 4 aromatic rings. The lowest BCUT2D eigenvalue weighted by Crippen LogP contribution is -2.22. The van der Waals surface area contributed by atoms with Gasteiger partial charge >= 0.3 is 23.8 Å². The van der Waals surface area contributed by atoms with Crippen LogP contribution in [-0.2, 0) is 19.4 Å². The maximum atomic E-state index is 13.2. The molecule has 1 fully saturated rings. The lowest BCUT2D eigenvalue weighted by Gasteiger charge is -2.28. The molecule has 5 rings (SSSR count). The van der Waals surface area contributed by atoms with Crippen molar-refractivity contribution in [3.63, 3.8) is 0 Å². The Kier molecular flexibility index (Phi) is 7.92. The number of para-hydroxylation sites is 1. The molecule has 0 atom stereocenters. The quantitative estimate of drug-likeness (QED) is 0.268. The van der Waals surface area contributed by atoms with Gasteiger partial charge in [-0.05, 0) is 73.6 Å². The van der Waals surface area contributed by atoms with E-state index in [9.17, 15) is 18.0 Å². The van der Waals surface area contributed by atoms with Gasteiger partial charge in [0.1, 0.15) is 6.10 Å². The van der Waals surface area contributed by atoms with Crippen LogP contribution in [-0.4, -0.2) is 36.6 Å². The number of anilines is 3. The predicted octanol–water partition coefficient (Wildman–Crippen LogP) is 5.49. The standard InChI is InChI=1S/C29H28N4O6S/c1-19(34)38-23-17-13-21(14-18-23)20-11-15-22(16-12-20)30-27(35)28-32-33-29(39-28)31-25-9-5-6-10-26(25)40(36,37)24-7-3-2-4-8-24/h2-12,15-16,21,23H,13-14,17-18H2,1H3,(H,30,35)(H,31,33). The van der Waals surface area contributed by atoms with E-state index in [1.807, 2.05) is 24.3 Å². The molecule has 1 aliphatic rings. The van der Waals surface area contributed by atoms with Crippen LogP contribution in [0.2, 0.25) is 0 Å². The van der Waals surface area contributed by atoms with Crippen molar-refractivity contribution in [2.24, 2.45) is 0 Å². The predicted molar refractivity (Wildman–Crippen MR) is 147 cm³/mol. The Morgan fingerprint density at radius 3 is 2.25 bits per heavy atom. The topological polar surface area (TPSA) is 140 Å². The number of nitrogens with one attached hydrogen (secondary N) is 2. The summed E-state index contributed by atoms with van der Waals surface area (Å²) in [4.78, 5) is 24.1. The number of ether oxygens (including phenoxy) is 1. The summed E-state index contributed by atoms with van der Waals surface area (Å²) >= 11 is 0. The van der Waals surface area contributed by atoms with Crippen LogP contribution < -0.4 is 10.6 Å². The van der Waals surface area contributed by atoms with Gasteiger partial charge in [0.15, 0.2) is 0 Å². The van der Waals surface area contributed by atoms with Crippen LogP contribution in [0.4, 0.5) is 17.4 Å². The molecule has 11 heteroatoms. The molecule has 1 saturated carbocycles. The van der Waals surface area contributed by atoms with Gasteiger partial charge < -0.3 is 19.8 Å². The van der Waals surface area contributed by atoms with Crippen molar-refractivity contribution in [1.82, 2.24) is 10.2 Å². The number of rotatable bonds is 8. The Morgan fingerprint density at radius 2 is 1.55 bits per heavy atom. The van der Waals surface area contributed by atoms with E-state index in [0.717, 1.165) is 31.2 Å². The third kappa shape index (κ3) is 6.20. The Morgan fingerprint density at radius 1 is 0.875 bits per heavy atom. The number of hydrogen-bond donors (Lipinski definition) is 2. The van der Waals surface area contributed by atoms with Gasteiger partial charge in [0.2, 0.25) is 9.84 Å². The maximum absolute atomic E-state index is 13.2. The minimum atomic E-state index is -3.81. The number of hydrogen-bond acceptors (Lipinski definition) is 9. The first-order valence-electron chi connectivity index (χ1n) is 12.9. The summed E-state index contributed by atoms with van der Waals surface area (Å²) in [6.45, 7) is 1.43. The van der Waals surface area contributed by atoms with Crippen molar-refractivity contribution in [3.8, 4) is 0 Å². The van der Waals surface area contributed by atoms with Gasteiger partial charge in [-0.2, -0.15) is 0 Å². The highest BCUT2D eigenvalue weighted by Crippen LogP contribution is 2.34. The fourth-order valence-corrected chi connectivity index (χ4v) is 6.22. The highest BCUT2D eigenvalue weighted by molar-refractivity contribution is 7.91. The molecule has 0 spiro atoms. The van der Waals surface area contributed by atoms with Crippen LogP contribution in [0, 0.1) is 0 Å². The molecule has 0 bridgehead atoms. The second kappa shape index (κ2) is 11.7. The van der Waals surface area contributed by atoms with Gasteiger partial charge in [-0.1, -0.05) is 47.6 Å². The molecular formula is C29H28N4O6S. The van der Waals surface area contributed by atoms with Crippen LogP contribution in [0.3, 0.4) is 0 Å². The van der Waals surface area contributed by atoms with Gasteiger partial charge in [-0.15, -0.1) is 5.10 Å². The summed E-state index contributed by atoms with van der Waals surface area (Å²) in [6, 6.07) is 21.9. The number of nitrogens with zero attached hydrogens (tertiary/aromatic N) is 2. The number of aromatic nitrogens is 2. The minimum absolute atomic E-state index is 0.0113. The Hall–Kier alpha value is -4.51. The first-order chi connectivity index (χ1) is 19.3. The second-order valence-corrected chi connectivity index (χ2v) is 11.4. The van der Waals surface area contributed by atoms with Crippen molar-refractivity contribution in [2.45, 2.75) is 54.4 Å². The van der Waals surface area contributed by atoms with Crippen molar-refractivity contribution in [1.29, 1.82) is 0 Å². The molecule has 2 N–H and O–H groups in total. The van der Waals surface area contributed by atoms with Gasteiger partial charge in [0.25, 0.3) is 0 Å². The monoisotopic (exact) mass is 560 g/mol. The minimum Gasteiger partial charge on any atom is -0.463 e. The van der Waals surface area contributed by atoms with E-state index < -0.39 is 15.7 Å². The zero-order chi connectivity index (χ0) is 28.1. The van der Waals surface area contributed by atoms with Gasteiger partial charge in [0.05, 0.1) is 15.5 Å². The number of benzene rings is 3. The van der Waals surface area contributed by atoms with E-state index in [0.29, 0.717) is 11.6 Å². The summed E-state index contributed by atoms with van der Waals surface area (Å²) in [5, 5.41) is 13.2. The van der Waals surface area contributed by atoms with E-state index in [1.165, 1.54) is 25.1 Å². The first kappa shape index (κ1) is 27.1. The molecule has 0 unspecified atom stereocenters. The van der Waals surface area contributed by atoms with Crippen LogP contribution in [0.1, 0.15) is 54.8 Å². The molecular weight excluding hydrogens is 532 g/mol. The highest BCUT2D eigenvalue weighted by Gasteiger charge is 2.25. The third-order valence-electron chi connectivity index (χ3n) is 6.74. The van der Waals surface area contributed by atoms with E-state index in [1.54, 1.807) is 36.4 Å². The molecule has 40 heavy (non-hydrogen) atoms. The average molecular weight is 561 g/mol. The summed E-state index contributed by atoms with van der Waals surface area (Å²) in [5.74, 6) is -0.748. The SMILES string of the molecule is CC(=O)OC1CCC(c2ccc(NC(=O)c3nnc(Nc4ccccc4S(=O)(=O)c4ccccc4)o3)cc2)CC1. The number of carbonyl (C=O) groups is 2. The van der Waals surface area contributed by atoms with E-state index in [4.69, 9.17) is 9.15 Å². The van der Waals surface area contributed by atoms with E-state index in [-0.39, 0.29) is 39.5 Å². The molecule has 0 radical (unpaired) electrons. The van der Waals surface area contributed by atoms with Gasteiger partial charge in [0, 0.05) is 12.6 Å². The molecule has 0 saturated heterocycles. The molecule has 3 aromatic carbocycles. The largest absolute Gasteiger partial charge is 0.463 e. The maximum Gasteiger partial charge on any atom is 0.320 e. The normalized spacial score (nSPS) is 17.1. The smallest absolute Gasteiger partial charge is 0.320 e. The van der Waals surface area contributed by atoms with Crippen molar-refractivity contribution >= 4 is 39.1 Å². The molecule has 0 aliphatic heterocycles. The summed E-state index contributed by atoms with van der Waals surface area (Å²) in [5.41, 5.74) is 1.96. The number of amides is 1. The second-order valence-electron chi connectivity index (χ2n) is 9.51. The zero-order valence-corrected chi connectivity index (χ0v) is 22.6.